The third-order valence-corrected chi connectivity index (χ3v) is 7.33. The maximum Gasteiger partial charge on any atom is 0.242 e. The number of para-hydroxylation sites is 2. The number of nitrogens with one attached hydrogen (secondary N) is 1. The van der Waals surface area contributed by atoms with Crippen molar-refractivity contribution in [2.75, 3.05) is 30.8 Å². The highest BCUT2D eigenvalue weighted by atomic mass is 79.9. The lowest BCUT2D eigenvalue weighted by molar-refractivity contribution is -0.140. The molecule has 0 saturated heterocycles. The Hall–Kier alpha value is -2.59. The van der Waals surface area contributed by atoms with E-state index in [1.54, 1.807) is 36.1 Å². The van der Waals surface area contributed by atoms with Gasteiger partial charge in [-0.3, -0.25) is 13.9 Å². The number of hydrogen-bond acceptors (Lipinski definition) is 5. The predicted octanol–water partition coefficient (Wildman–Crippen LogP) is 4.19. The molecule has 0 radical (unpaired) electrons. The Morgan fingerprint density at radius 3 is 2.28 bits per heavy atom. The number of anilines is 1. The van der Waals surface area contributed by atoms with Gasteiger partial charge in [-0.2, -0.15) is 0 Å². The van der Waals surface area contributed by atoms with Crippen molar-refractivity contribution < 1.29 is 22.7 Å². The van der Waals surface area contributed by atoms with Gasteiger partial charge in [0.1, 0.15) is 11.8 Å². The van der Waals surface area contributed by atoms with Crippen LogP contribution in [0, 0.1) is 5.92 Å². The van der Waals surface area contributed by atoms with Crippen LogP contribution in [0.1, 0.15) is 39.2 Å². The fourth-order valence-electron chi connectivity index (χ4n) is 3.64. The number of hydrogen-bond donors (Lipinski definition) is 1. The summed E-state index contributed by atoms with van der Waals surface area (Å²) in [4.78, 5) is 27.7. The SMILES string of the molecule is COc1ccccc1N(CCCC(=O)N(Cc1ccc(Br)cc1)[C@@H](C)C(=O)NCC(C)C)S(C)(=O)=O. The maximum absolute atomic E-state index is 13.3. The summed E-state index contributed by atoms with van der Waals surface area (Å²) in [7, 11) is -2.13. The van der Waals surface area contributed by atoms with Crippen LogP contribution >= 0.6 is 15.9 Å². The highest BCUT2D eigenvalue weighted by molar-refractivity contribution is 9.10. The zero-order chi connectivity index (χ0) is 26.9. The molecule has 8 nitrogen and oxygen atoms in total. The lowest BCUT2D eigenvalue weighted by atomic mass is 10.1. The van der Waals surface area contributed by atoms with Gasteiger partial charge in [-0.15, -0.1) is 0 Å². The van der Waals surface area contributed by atoms with E-state index < -0.39 is 16.1 Å². The van der Waals surface area contributed by atoms with Gasteiger partial charge in [-0.1, -0.05) is 54.0 Å². The molecular weight excluding hydrogens is 546 g/mol. The van der Waals surface area contributed by atoms with Gasteiger partial charge < -0.3 is 15.0 Å². The van der Waals surface area contributed by atoms with E-state index in [-0.39, 0.29) is 43.7 Å². The van der Waals surface area contributed by atoms with Gasteiger partial charge in [0.2, 0.25) is 21.8 Å². The molecule has 0 fully saturated rings. The number of nitrogens with zero attached hydrogens (tertiary/aromatic N) is 2. The Kier molecular flexibility index (Phi) is 11.2. The second kappa shape index (κ2) is 13.6. The fourth-order valence-corrected chi connectivity index (χ4v) is 4.87. The molecule has 0 unspecified atom stereocenters. The molecule has 0 aliphatic rings. The van der Waals surface area contributed by atoms with Gasteiger partial charge in [-0.25, -0.2) is 8.42 Å². The first-order chi connectivity index (χ1) is 16.9. The minimum absolute atomic E-state index is 0.0828. The van der Waals surface area contributed by atoms with Crippen LogP contribution in [0.4, 0.5) is 5.69 Å². The Labute approximate surface area is 223 Å². The molecular formula is C26H36BrN3O5S. The summed E-state index contributed by atoms with van der Waals surface area (Å²) < 4.78 is 32.5. The van der Waals surface area contributed by atoms with Crippen molar-refractivity contribution in [3.63, 3.8) is 0 Å². The van der Waals surface area contributed by atoms with E-state index in [4.69, 9.17) is 4.74 Å². The van der Waals surface area contributed by atoms with Crippen molar-refractivity contribution in [2.24, 2.45) is 5.92 Å². The largest absolute Gasteiger partial charge is 0.495 e. The minimum Gasteiger partial charge on any atom is -0.495 e. The van der Waals surface area contributed by atoms with Crippen molar-refractivity contribution in [2.45, 2.75) is 46.2 Å². The lowest BCUT2D eigenvalue weighted by Gasteiger charge is -2.30. The van der Waals surface area contributed by atoms with Gasteiger partial charge >= 0.3 is 0 Å². The van der Waals surface area contributed by atoms with Crippen molar-refractivity contribution in [1.29, 1.82) is 0 Å². The number of methoxy groups -OCH3 is 1. The standard InChI is InChI=1S/C26H36BrN3O5S/c1-19(2)17-28-26(32)20(3)29(18-21-12-14-22(27)15-13-21)25(31)11-8-16-30(36(5,33)34)23-9-6-7-10-24(23)35-4/h6-7,9-10,12-15,19-20H,8,11,16-18H2,1-5H3,(H,28,32)/t20-/m0/s1. The minimum atomic E-state index is -3.61. The quantitative estimate of drug-likeness (QED) is 0.382. The van der Waals surface area contributed by atoms with Crippen molar-refractivity contribution >= 4 is 43.5 Å². The number of carbonyl (C=O) groups excluding carboxylic acids is 2. The van der Waals surface area contributed by atoms with Gasteiger partial charge in [0.05, 0.1) is 19.1 Å². The monoisotopic (exact) mass is 581 g/mol. The van der Waals surface area contributed by atoms with E-state index in [0.717, 1.165) is 16.3 Å². The number of benzene rings is 2. The summed E-state index contributed by atoms with van der Waals surface area (Å²) in [6, 6.07) is 13.7. The maximum atomic E-state index is 13.3. The Bertz CT molecular complexity index is 1120. The number of ether oxygens (including phenoxy) is 1. The van der Waals surface area contributed by atoms with Crippen LogP contribution in [0.2, 0.25) is 0 Å². The highest BCUT2D eigenvalue weighted by Crippen LogP contribution is 2.29. The van der Waals surface area contributed by atoms with Crippen LogP contribution in [0.15, 0.2) is 53.0 Å². The van der Waals surface area contributed by atoms with Crippen LogP contribution in [-0.4, -0.2) is 57.6 Å². The summed E-state index contributed by atoms with van der Waals surface area (Å²) in [6.45, 7) is 6.61. The molecule has 0 aliphatic carbocycles. The molecule has 0 bridgehead atoms. The molecule has 198 valence electrons. The molecule has 0 aromatic heterocycles. The number of sulfonamides is 1. The van der Waals surface area contributed by atoms with E-state index in [0.29, 0.717) is 18.0 Å². The summed E-state index contributed by atoms with van der Waals surface area (Å²) >= 11 is 3.41. The van der Waals surface area contributed by atoms with Crippen molar-refractivity contribution in [3.05, 3.63) is 58.6 Å². The smallest absolute Gasteiger partial charge is 0.242 e. The topological polar surface area (TPSA) is 96.0 Å². The van der Waals surface area contributed by atoms with Gasteiger partial charge in [-0.05, 0) is 49.1 Å². The van der Waals surface area contributed by atoms with E-state index >= 15 is 0 Å². The summed E-state index contributed by atoms with van der Waals surface area (Å²) in [5.41, 5.74) is 1.31. The predicted molar refractivity (Wildman–Crippen MR) is 146 cm³/mol. The zero-order valence-corrected chi connectivity index (χ0v) is 23.9. The van der Waals surface area contributed by atoms with E-state index in [1.807, 2.05) is 38.1 Å². The Balaban J connectivity index is 2.18. The number of carbonyl (C=O) groups is 2. The Morgan fingerprint density at radius 2 is 1.69 bits per heavy atom. The van der Waals surface area contributed by atoms with Crippen LogP contribution < -0.4 is 14.4 Å². The van der Waals surface area contributed by atoms with Crippen LogP contribution in [0.25, 0.3) is 0 Å². The molecule has 0 heterocycles. The van der Waals surface area contributed by atoms with Crippen molar-refractivity contribution in [3.8, 4) is 5.75 Å². The summed E-state index contributed by atoms with van der Waals surface area (Å²) in [5.74, 6) is 0.273. The first-order valence-electron chi connectivity index (χ1n) is 11.9. The van der Waals surface area contributed by atoms with E-state index in [1.165, 1.54) is 11.4 Å². The van der Waals surface area contributed by atoms with Gasteiger partial charge in [0.15, 0.2) is 0 Å². The molecule has 0 aliphatic heterocycles. The average molecular weight is 583 g/mol. The highest BCUT2D eigenvalue weighted by Gasteiger charge is 2.27. The van der Waals surface area contributed by atoms with Crippen molar-refractivity contribution in [1.82, 2.24) is 10.2 Å². The van der Waals surface area contributed by atoms with E-state index in [9.17, 15) is 18.0 Å². The fraction of sp³-hybridized carbons (Fsp3) is 0.462. The third kappa shape index (κ3) is 8.81. The molecule has 36 heavy (non-hydrogen) atoms. The lowest BCUT2D eigenvalue weighted by Crippen LogP contribution is -2.48. The molecule has 1 atom stereocenters. The van der Waals surface area contributed by atoms with Gasteiger partial charge in [0.25, 0.3) is 0 Å². The molecule has 0 spiro atoms. The normalized spacial score (nSPS) is 12.2. The first kappa shape index (κ1) is 29.6. The van der Waals surface area contributed by atoms with Gasteiger partial charge in [0, 0.05) is 30.5 Å². The molecule has 2 rings (SSSR count). The summed E-state index contributed by atoms with van der Waals surface area (Å²) in [6.07, 6.45) is 1.49. The molecule has 2 aromatic carbocycles. The second-order valence-electron chi connectivity index (χ2n) is 9.07. The summed E-state index contributed by atoms with van der Waals surface area (Å²) in [5, 5.41) is 2.90. The molecule has 2 aromatic rings. The van der Waals surface area contributed by atoms with E-state index in [2.05, 4.69) is 21.2 Å². The molecule has 10 heteroatoms. The third-order valence-electron chi connectivity index (χ3n) is 5.62. The number of halogens is 1. The molecule has 1 N–H and O–H groups in total. The van der Waals surface area contributed by atoms with Crippen LogP contribution in [-0.2, 0) is 26.2 Å². The number of rotatable bonds is 13. The molecule has 0 saturated carbocycles. The zero-order valence-electron chi connectivity index (χ0n) is 21.5. The van der Waals surface area contributed by atoms with Crippen LogP contribution in [0.5, 0.6) is 5.75 Å². The molecule has 2 amide bonds. The van der Waals surface area contributed by atoms with Crippen LogP contribution in [0.3, 0.4) is 0 Å². The number of amides is 2. The average Bonchev–Trinajstić information content (AvgIpc) is 2.83. The second-order valence-corrected chi connectivity index (χ2v) is 11.9. The Morgan fingerprint density at radius 1 is 1.06 bits per heavy atom. The first-order valence-corrected chi connectivity index (χ1v) is 14.5.